The van der Waals surface area contributed by atoms with Crippen LogP contribution in [0.4, 0.5) is 5.69 Å². The summed E-state index contributed by atoms with van der Waals surface area (Å²) in [5.41, 5.74) is 2.08. The number of thiophene rings is 1. The maximum absolute atomic E-state index is 11.8. The van der Waals surface area contributed by atoms with E-state index < -0.39 is 10.8 Å². The number of amides is 1. The number of rotatable bonds is 4. The van der Waals surface area contributed by atoms with Crippen LogP contribution in [-0.2, 0) is 0 Å². The fraction of sp³-hybridized carbons (Fsp3) is 0. The van der Waals surface area contributed by atoms with Crippen LogP contribution in [0.5, 0.6) is 0 Å². The third kappa shape index (κ3) is 4.10. The van der Waals surface area contributed by atoms with Gasteiger partial charge in [0.15, 0.2) is 0 Å². The minimum Gasteiger partial charge on any atom is -0.267 e. The summed E-state index contributed by atoms with van der Waals surface area (Å²) in [5.74, 6) is -0.554. The second-order valence-corrected chi connectivity index (χ2v) is 6.67. The molecule has 0 fully saturated rings. The Labute approximate surface area is 136 Å². The third-order valence-corrected chi connectivity index (χ3v) is 4.23. The average Bonchev–Trinajstić information content (AvgIpc) is 2.84. The molecule has 21 heavy (non-hydrogen) atoms. The number of hydrogen-bond donors (Lipinski definition) is 1. The van der Waals surface area contributed by atoms with Crippen LogP contribution in [0, 0.1) is 10.1 Å². The summed E-state index contributed by atoms with van der Waals surface area (Å²) in [6.45, 7) is 0. The highest BCUT2D eigenvalue weighted by Crippen LogP contribution is 2.25. The molecule has 0 saturated heterocycles. The van der Waals surface area contributed by atoms with Crippen molar-refractivity contribution in [1.29, 1.82) is 0 Å². The molecule has 1 amide bonds. The largest absolute Gasteiger partial charge is 0.288 e. The normalized spacial score (nSPS) is 10.8. The molecular formula is C12H7BrClN3O3S. The van der Waals surface area contributed by atoms with Crippen LogP contribution < -0.4 is 5.43 Å². The molecule has 0 aliphatic carbocycles. The molecule has 1 aromatic carbocycles. The lowest BCUT2D eigenvalue weighted by molar-refractivity contribution is -0.384. The van der Waals surface area contributed by atoms with Crippen molar-refractivity contribution in [1.82, 2.24) is 5.43 Å². The van der Waals surface area contributed by atoms with Gasteiger partial charge in [-0.25, -0.2) is 5.43 Å². The molecule has 0 bridgehead atoms. The molecule has 1 aromatic heterocycles. The number of halogens is 2. The minimum absolute atomic E-state index is 0.0245. The molecule has 2 aromatic rings. The molecule has 0 saturated carbocycles. The van der Waals surface area contributed by atoms with Gasteiger partial charge in [-0.15, -0.1) is 11.3 Å². The van der Waals surface area contributed by atoms with Crippen LogP contribution in [-0.4, -0.2) is 17.0 Å². The zero-order valence-corrected chi connectivity index (χ0v) is 13.4. The summed E-state index contributed by atoms with van der Waals surface area (Å²) in [7, 11) is 0. The van der Waals surface area contributed by atoms with Crippen molar-refractivity contribution >= 4 is 56.7 Å². The third-order valence-electron chi connectivity index (χ3n) is 2.36. The van der Waals surface area contributed by atoms with Crippen molar-refractivity contribution < 1.29 is 9.72 Å². The SMILES string of the molecule is O=C(N/N=C/c1ccc(Br)s1)c1ccc(Cl)c([N+](=O)[O-])c1. The number of hydrogen-bond acceptors (Lipinski definition) is 5. The second kappa shape index (κ2) is 6.79. The van der Waals surface area contributed by atoms with Crippen molar-refractivity contribution in [3.8, 4) is 0 Å². The van der Waals surface area contributed by atoms with Gasteiger partial charge in [-0.2, -0.15) is 5.10 Å². The predicted molar refractivity (Wildman–Crippen MR) is 85.2 cm³/mol. The minimum atomic E-state index is -0.647. The zero-order valence-electron chi connectivity index (χ0n) is 10.2. The Morgan fingerprint density at radius 2 is 2.19 bits per heavy atom. The first-order chi connectivity index (χ1) is 9.97. The lowest BCUT2D eigenvalue weighted by Crippen LogP contribution is -2.17. The van der Waals surface area contributed by atoms with E-state index in [1.54, 1.807) is 0 Å². The van der Waals surface area contributed by atoms with Crippen molar-refractivity contribution in [3.63, 3.8) is 0 Å². The highest BCUT2D eigenvalue weighted by Gasteiger charge is 2.15. The fourth-order valence-electron chi connectivity index (χ4n) is 1.41. The summed E-state index contributed by atoms with van der Waals surface area (Å²) in [4.78, 5) is 22.8. The molecule has 0 radical (unpaired) electrons. The topological polar surface area (TPSA) is 84.6 Å². The van der Waals surface area contributed by atoms with E-state index in [1.807, 2.05) is 12.1 Å². The first kappa shape index (κ1) is 15.6. The van der Waals surface area contributed by atoms with Crippen molar-refractivity contribution in [2.24, 2.45) is 5.10 Å². The first-order valence-corrected chi connectivity index (χ1v) is 7.49. The maximum atomic E-state index is 11.8. The molecule has 9 heteroatoms. The fourth-order valence-corrected chi connectivity index (χ4v) is 2.89. The smallest absolute Gasteiger partial charge is 0.267 e. The Bertz CT molecular complexity index is 732. The number of hydrazone groups is 1. The number of nitrogens with zero attached hydrogens (tertiary/aromatic N) is 2. The molecule has 1 N–H and O–H groups in total. The summed E-state index contributed by atoms with van der Waals surface area (Å²) < 4.78 is 0.948. The van der Waals surface area contributed by atoms with Gasteiger partial charge in [0.25, 0.3) is 11.6 Å². The van der Waals surface area contributed by atoms with E-state index in [0.29, 0.717) is 0 Å². The molecule has 1 heterocycles. The van der Waals surface area contributed by atoms with E-state index in [9.17, 15) is 14.9 Å². The number of nitrogens with one attached hydrogen (secondary N) is 1. The first-order valence-electron chi connectivity index (χ1n) is 5.50. The monoisotopic (exact) mass is 387 g/mol. The highest BCUT2D eigenvalue weighted by molar-refractivity contribution is 9.11. The molecule has 6 nitrogen and oxygen atoms in total. The van der Waals surface area contributed by atoms with E-state index in [1.165, 1.54) is 29.7 Å². The lowest BCUT2D eigenvalue weighted by atomic mass is 10.2. The predicted octanol–water partition coefficient (Wildman–Crippen LogP) is 3.84. The van der Waals surface area contributed by atoms with E-state index in [4.69, 9.17) is 11.6 Å². The van der Waals surface area contributed by atoms with Gasteiger partial charge >= 0.3 is 0 Å². The molecule has 0 aliphatic rings. The van der Waals surface area contributed by atoms with Gasteiger partial charge in [-0.1, -0.05) is 11.6 Å². The molecule has 0 atom stereocenters. The van der Waals surface area contributed by atoms with Gasteiger partial charge in [-0.3, -0.25) is 14.9 Å². The highest BCUT2D eigenvalue weighted by atomic mass is 79.9. The van der Waals surface area contributed by atoms with E-state index in [-0.39, 0.29) is 16.3 Å². The Kier molecular flexibility index (Phi) is 5.05. The second-order valence-electron chi connectivity index (χ2n) is 3.76. The van der Waals surface area contributed by atoms with Crippen LogP contribution in [0.3, 0.4) is 0 Å². The summed E-state index contributed by atoms with van der Waals surface area (Å²) in [5, 5.41) is 14.5. The Hall–Kier alpha value is -1.77. The van der Waals surface area contributed by atoms with Gasteiger partial charge in [0, 0.05) is 16.5 Å². The van der Waals surface area contributed by atoms with Gasteiger partial charge in [0.05, 0.1) is 14.9 Å². The van der Waals surface area contributed by atoms with Crippen molar-refractivity contribution in [2.75, 3.05) is 0 Å². The summed E-state index contributed by atoms with van der Waals surface area (Å²) in [6.07, 6.45) is 1.48. The average molecular weight is 389 g/mol. The molecule has 0 spiro atoms. The van der Waals surface area contributed by atoms with Crippen LogP contribution >= 0.6 is 38.9 Å². The van der Waals surface area contributed by atoms with E-state index in [0.717, 1.165) is 14.7 Å². The molecule has 108 valence electrons. The van der Waals surface area contributed by atoms with Gasteiger partial charge < -0.3 is 0 Å². The Balaban J connectivity index is 2.08. The molecule has 2 rings (SSSR count). The standard InChI is InChI=1S/C12H7BrClN3O3S/c13-11-4-2-8(21-11)6-15-16-12(18)7-1-3-9(14)10(5-7)17(19)20/h1-6H,(H,16,18)/b15-6+. The molecule has 0 aliphatic heterocycles. The number of nitro groups is 1. The van der Waals surface area contributed by atoms with Crippen LogP contribution in [0.2, 0.25) is 5.02 Å². The lowest BCUT2D eigenvalue weighted by Gasteiger charge is -2.00. The Morgan fingerprint density at radius 1 is 1.43 bits per heavy atom. The number of nitro benzene ring substituents is 1. The molecular weight excluding hydrogens is 382 g/mol. The van der Waals surface area contributed by atoms with Crippen molar-refractivity contribution in [3.05, 3.63) is 59.7 Å². The molecule has 0 unspecified atom stereocenters. The number of carbonyl (C=O) groups is 1. The van der Waals surface area contributed by atoms with E-state index in [2.05, 4.69) is 26.5 Å². The van der Waals surface area contributed by atoms with Crippen LogP contribution in [0.1, 0.15) is 15.2 Å². The quantitative estimate of drug-likeness (QED) is 0.490. The van der Waals surface area contributed by atoms with E-state index >= 15 is 0 Å². The summed E-state index contributed by atoms with van der Waals surface area (Å²) in [6, 6.07) is 7.49. The van der Waals surface area contributed by atoms with Crippen molar-refractivity contribution in [2.45, 2.75) is 0 Å². The van der Waals surface area contributed by atoms with Gasteiger partial charge in [0.1, 0.15) is 5.02 Å². The van der Waals surface area contributed by atoms with Gasteiger partial charge in [-0.05, 0) is 40.2 Å². The number of benzene rings is 1. The summed E-state index contributed by atoms with van der Waals surface area (Å²) >= 11 is 10.4. The van der Waals surface area contributed by atoms with Crippen LogP contribution in [0.15, 0.2) is 39.2 Å². The van der Waals surface area contributed by atoms with Gasteiger partial charge in [0.2, 0.25) is 0 Å². The zero-order chi connectivity index (χ0) is 15.4. The maximum Gasteiger partial charge on any atom is 0.288 e. The number of carbonyl (C=O) groups excluding carboxylic acids is 1. The Morgan fingerprint density at radius 3 is 2.81 bits per heavy atom. The van der Waals surface area contributed by atoms with Crippen LogP contribution in [0.25, 0.3) is 0 Å².